The van der Waals surface area contributed by atoms with Gasteiger partial charge in [-0.3, -0.25) is 4.90 Å². The van der Waals surface area contributed by atoms with Crippen LogP contribution in [0.5, 0.6) is 5.75 Å². The van der Waals surface area contributed by atoms with Gasteiger partial charge in [-0.25, -0.2) is 4.98 Å². The number of piperidine rings is 1. The number of methoxy groups -OCH3 is 1. The minimum absolute atomic E-state index is 0.0622. The van der Waals surface area contributed by atoms with E-state index in [4.69, 9.17) is 4.74 Å². The van der Waals surface area contributed by atoms with E-state index in [1.54, 1.807) is 13.3 Å². The van der Waals surface area contributed by atoms with Gasteiger partial charge < -0.3 is 30.3 Å². The number of rotatable bonds is 8. The van der Waals surface area contributed by atoms with Crippen LogP contribution in [0.1, 0.15) is 24.0 Å². The van der Waals surface area contributed by atoms with Gasteiger partial charge in [0.2, 0.25) is 5.95 Å². The first-order chi connectivity index (χ1) is 18.9. The minimum atomic E-state index is -0.0622. The highest BCUT2D eigenvalue weighted by Crippen LogP contribution is 2.36. The normalized spacial score (nSPS) is 17.3. The van der Waals surface area contributed by atoms with E-state index in [9.17, 15) is 5.11 Å². The molecule has 9 nitrogen and oxygen atoms in total. The van der Waals surface area contributed by atoms with Crippen LogP contribution < -0.4 is 20.3 Å². The average molecular weight is 597 g/mol. The lowest BCUT2D eigenvalue weighted by molar-refractivity contribution is 0.0982. The Kier molecular flexibility index (Phi) is 8.86. The Hall–Kier alpha value is -2.92. The molecule has 2 aliphatic rings. The second-order valence-electron chi connectivity index (χ2n) is 10.4. The highest BCUT2D eigenvalue weighted by molar-refractivity contribution is 9.10. The fourth-order valence-electron chi connectivity index (χ4n) is 5.49. The highest BCUT2D eigenvalue weighted by Gasteiger charge is 2.27. The van der Waals surface area contributed by atoms with Crippen molar-refractivity contribution in [3.63, 3.8) is 0 Å². The molecule has 0 radical (unpaired) electrons. The Morgan fingerprint density at radius 1 is 1.03 bits per heavy atom. The van der Waals surface area contributed by atoms with Crippen molar-refractivity contribution in [2.24, 2.45) is 0 Å². The number of likely N-dealkylation sites (N-methyl/N-ethyl adjacent to an activating group) is 1. The van der Waals surface area contributed by atoms with Gasteiger partial charge in [0, 0.05) is 74.5 Å². The number of ether oxygens (including phenoxy) is 1. The van der Waals surface area contributed by atoms with E-state index in [1.807, 2.05) is 24.3 Å². The summed E-state index contributed by atoms with van der Waals surface area (Å²) < 4.78 is 6.52. The summed E-state index contributed by atoms with van der Waals surface area (Å²) >= 11 is 3.53. The molecular weight excluding hydrogens is 558 g/mol. The van der Waals surface area contributed by atoms with Gasteiger partial charge in [-0.15, -0.1) is 0 Å². The number of halogens is 1. The van der Waals surface area contributed by atoms with Gasteiger partial charge in [0.1, 0.15) is 11.6 Å². The zero-order chi connectivity index (χ0) is 27.4. The van der Waals surface area contributed by atoms with Gasteiger partial charge in [-0.1, -0.05) is 18.2 Å². The maximum Gasteiger partial charge on any atom is 0.229 e. The summed E-state index contributed by atoms with van der Waals surface area (Å²) in [6.07, 6.45) is 4.08. The molecule has 5 rings (SSSR count). The van der Waals surface area contributed by atoms with Crippen molar-refractivity contribution < 1.29 is 9.84 Å². The van der Waals surface area contributed by atoms with E-state index < -0.39 is 0 Å². The molecule has 3 N–H and O–H groups in total. The molecule has 3 aromatic rings. The number of nitrogens with one attached hydrogen (secondary N) is 2. The summed E-state index contributed by atoms with van der Waals surface area (Å²) in [4.78, 5) is 16.7. The van der Waals surface area contributed by atoms with Crippen molar-refractivity contribution >= 4 is 44.8 Å². The van der Waals surface area contributed by atoms with Crippen LogP contribution >= 0.6 is 15.9 Å². The summed E-state index contributed by atoms with van der Waals surface area (Å²) in [6, 6.07) is 12.5. The van der Waals surface area contributed by atoms with E-state index in [1.165, 1.54) is 50.3 Å². The number of anilines is 5. The number of benzene rings is 2. The third-order valence-electron chi connectivity index (χ3n) is 7.81. The minimum Gasteiger partial charge on any atom is -0.494 e. The summed E-state index contributed by atoms with van der Waals surface area (Å²) in [5.41, 5.74) is 4.80. The maximum atomic E-state index is 9.68. The number of para-hydroxylation sites is 1. The van der Waals surface area contributed by atoms with Crippen molar-refractivity contribution in [3.8, 4) is 5.75 Å². The second-order valence-corrected chi connectivity index (χ2v) is 11.2. The predicted octanol–water partition coefficient (Wildman–Crippen LogP) is 4.75. The number of piperazine rings is 1. The molecule has 39 heavy (non-hydrogen) atoms. The van der Waals surface area contributed by atoms with E-state index in [0.29, 0.717) is 17.8 Å². The lowest BCUT2D eigenvalue weighted by Crippen LogP contribution is -2.52. The molecule has 0 amide bonds. The Balaban J connectivity index is 1.29. The van der Waals surface area contributed by atoms with Gasteiger partial charge in [-0.05, 0) is 60.4 Å². The van der Waals surface area contributed by atoms with Crippen molar-refractivity contribution in [3.05, 3.63) is 58.2 Å². The summed E-state index contributed by atoms with van der Waals surface area (Å²) in [6.45, 7) is 8.87. The van der Waals surface area contributed by atoms with E-state index >= 15 is 0 Å². The topological polar surface area (TPSA) is 89.0 Å². The van der Waals surface area contributed by atoms with Crippen molar-refractivity contribution in [1.82, 2.24) is 19.8 Å². The maximum absolute atomic E-state index is 9.68. The molecule has 0 saturated carbocycles. The summed E-state index contributed by atoms with van der Waals surface area (Å²) in [7, 11) is 3.91. The van der Waals surface area contributed by atoms with Crippen LogP contribution in [0.4, 0.5) is 28.8 Å². The van der Waals surface area contributed by atoms with E-state index in [2.05, 4.69) is 77.3 Å². The molecule has 2 aliphatic heterocycles. The molecular formula is C29H38BrN7O2. The fraction of sp³-hybridized carbons (Fsp3) is 0.448. The van der Waals surface area contributed by atoms with Gasteiger partial charge >= 0.3 is 0 Å². The first-order valence-electron chi connectivity index (χ1n) is 13.6. The number of nitrogens with zero attached hydrogens (tertiary/aromatic N) is 5. The number of hydrogen-bond acceptors (Lipinski definition) is 9. The number of hydrogen-bond donors (Lipinski definition) is 3. The standard InChI is InChI=1S/C29H38BrN7O2/c1-20-16-25(33-29-31-18-23(30)28(34-29)32-24-7-5-4-6-21(24)19-38)27(39-3)17-26(20)37-10-8-22(9-11-37)36-14-12-35(2)13-15-36/h4-7,16-18,22,38H,8-15,19H2,1-3H3,(H2,31,32,33,34). The van der Waals surface area contributed by atoms with Gasteiger partial charge in [0.15, 0.2) is 0 Å². The van der Waals surface area contributed by atoms with Gasteiger partial charge in [-0.2, -0.15) is 4.98 Å². The first-order valence-corrected chi connectivity index (χ1v) is 14.4. The van der Waals surface area contributed by atoms with Crippen molar-refractivity contribution in [2.45, 2.75) is 32.4 Å². The quantitative estimate of drug-likeness (QED) is 0.341. The Bertz CT molecular complexity index is 1270. The third kappa shape index (κ3) is 6.46. The molecule has 10 heteroatoms. The smallest absolute Gasteiger partial charge is 0.229 e. The molecule has 3 heterocycles. The van der Waals surface area contributed by atoms with Crippen LogP contribution in [0.15, 0.2) is 47.1 Å². The van der Waals surface area contributed by atoms with Crippen LogP contribution in [0.3, 0.4) is 0 Å². The van der Waals surface area contributed by atoms with Crippen molar-refractivity contribution in [1.29, 1.82) is 0 Å². The number of aliphatic hydroxyl groups excluding tert-OH is 1. The third-order valence-corrected chi connectivity index (χ3v) is 8.39. The highest BCUT2D eigenvalue weighted by atomic mass is 79.9. The molecule has 0 unspecified atom stereocenters. The average Bonchev–Trinajstić information content (AvgIpc) is 2.96. The van der Waals surface area contributed by atoms with Gasteiger partial charge in [0.05, 0.1) is 23.9 Å². The molecule has 2 fully saturated rings. The molecule has 208 valence electrons. The zero-order valence-electron chi connectivity index (χ0n) is 23.0. The molecule has 1 aromatic heterocycles. The number of aryl methyl sites for hydroxylation is 1. The zero-order valence-corrected chi connectivity index (χ0v) is 24.5. The number of aromatic nitrogens is 2. The second kappa shape index (κ2) is 12.5. The fourth-order valence-corrected chi connectivity index (χ4v) is 5.78. The SMILES string of the molecule is COc1cc(N2CCC(N3CCN(C)CC3)CC2)c(C)cc1Nc1ncc(Br)c(Nc2ccccc2CO)n1. The molecule has 2 saturated heterocycles. The Morgan fingerprint density at radius 2 is 1.77 bits per heavy atom. The predicted molar refractivity (Wildman–Crippen MR) is 161 cm³/mol. The van der Waals surface area contributed by atoms with Crippen LogP contribution in [-0.2, 0) is 6.61 Å². The first kappa shape index (κ1) is 27.6. The van der Waals surface area contributed by atoms with Crippen LogP contribution in [-0.4, -0.2) is 84.3 Å². The monoisotopic (exact) mass is 595 g/mol. The molecule has 2 aromatic carbocycles. The molecule has 0 spiro atoms. The summed E-state index contributed by atoms with van der Waals surface area (Å²) in [5.74, 6) is 1.80. The van der Waals surface area contributed by atoms with Crippen LogP contribution in [0.2, 0.25) is 0 Å². The lowest BCUT2D eigenvalue weighted by Gasteiger charge is -2.43. The van der Waals surface area contributed by atoms with Gasteiger partial charge in [0.25, 0.3) is 0 Å². The van der Waals surface area contributed by atoms with Crippen LogP contribution in [0.25, 0.3) is 0 Å². The van der Waals surface area contributed by atoms with E-state index in [0.717, 1.165) is 40.2 Å². The van der Waals surface area contributed by atoms with Crippen LogP contribution in [0, 0.1) is 6.92 Å². The van der Waals surface area contributed by atoms with E-state index in [-0.39, 0.29) is 6.61 Å². The molecule has 0 atom stereocenters. The molecule has 0 aliphatic carbocycles. The molecule has 0 bridgehead atoms. The summed E-state index contributed by atoms with van der Waals surface area (Å²) in [5, 5.41) is 16.3. The number of aliphatic hydroxyl groups is 1. The lowest BCUT2D eigenvalue weighted by atomic mass is 10.0. The largest absolute Gasteiger partial charge is 0.494 e. The van der Waals surface area contributed by atoms with Crippen molar-refractivity contribution in [2.75, 3.05) is 69.0 Å². The Labute approximate surface area is 239 Å². The Morgan fingerprint density at radius 3 is 2.49 bits per heavy atom.